The third-order valence-electron chi connectivity index (χ3n) is 6.45. The minimum atomic E-state index is -1.29. The number of aliphatic hydroxyl groups is 4. The molecule has 0 aromatic carbocycles. The van der Waals surface area contributed by atoms with E-state index >= 15 is 0 Å². The second-order valence-corrected chi connectivity index (χ2v) is 9.31. The Morgan fingerprint density at radius 3 is 1.68 bits per heavy atom. The molecule has 0 aromatic rings. The molecule has 1 rings (SSSR count). The van der Waals surface area contributed by atoms with Gasteiger partial charge in [0.25, 0.3) is 0 Å². The van der Waals surface area contributed by atoms with Crippen LogP contribution in [0.3, 0.4) is 0 Å². The van der Waals surface area contributed by atoms with E-state index in [1.54, 1.807) is 0 Å². The third-order valence-corrected chi connectivity index (χ3v) is 6.45. The van der Waals surface area contributed by atoms with E-state index in [-0.39, 0.29) is 12.2 Å². The van der Waals surface area contributed by atoms with Crippen LogP contribution >= 0.6 is 0 Å². The maximum atomic E-state index is 12.1. The lowest BCUT2D eigenvalue weighted by molar-refractivity contribution is -0.125. The summed E-state index contributed by atoms with van der Waals surface area (Å²) in [6.45, 7) is 1.70. The predicted molar refractivity (Wildman–Crippen MR) is 123 cm³/mol. The molecular formula is C25H48O6. The Hall–Kier alpha value is -0.530. The Balaban J connectivity index is 1.93. The number of carbonyl (C=O) groups excluding carboxylic acids is 1. The fraction of sp³-hybridized carbons (Fsp3) is 0.960. The predicted octanol–water partition coefficient (Wildman–Crippen LogP) is 4.05. The molecule has 6 nitrogen and oxygen atoms in total. The van der Waals surface area contributed by atoms with Gasteiger partial charge in [0.15, 0.2) is 0 Å². The molecule has 31 heavy (non-hydrogen) atoms. The minimum Gasteiger partial charge on any atom is -0.394 e. The zero-order valence-corrected chi connectivity index (χ0v) is 19.7. The lowest BCUT2D eigenvalue weighted by atomic mass is 9.99. The van der Waals surface area contributed by atoms with Gasteiger partial charge in [0.1, 0.15) is 30.2 Å². The number of hydrogen-bond donors (Lipinski definition) is 4. The van der Waals surface area contributed by atoms with Crippen LogP contribution in [0.2, 0.25) is 0 Å². The molecule has 0 radical (unpaired) electrons. The molecule has 1 heterocycles. The fourth-order valence-electron chi connectivity index (χ4n) is 4.39. The Labute approximate surface area is 189 Å². The number of rotatable bonds is 20. The SMILES string of the molecule is CCCCCCCCCCCCCCCCCC(=O)CC1O[C@H]([C@H](O)CO)[C@H](O)[C@H]1O. The van der Waals surface area contributed by atoms with E-state index < -0.39 is 37.1 Å². The summed E-state index contributed by atoms with van der Waals surface area (Å²) in [7, 11) is 0. The van der Waals surface area contributed by atoms with Gasteiger partial charge in [0, 0.05) is 12.8 Å². The lowest BCUT2D eigenvalue weighted by Crippen LogP contribution is -2.40. The highest BCUT2D eigenvalue weighted by atomic mass is 16.6. The van der Waals surface area contributed by atoms with Crippen molar-refractivity contribution in [3.8, 4) is 0 Å². The minimum absolute atomic E-state index is 0.00471. The lowest BCUT2D eigenvalue weighted by Gasteiger charge is -2.18. The molecule has 0 spiro atoms. The smallest absolute Gasteiger partial charge is 0.135 e. The van der Waals surface area contributed by atoms with E-state index in [1.807, 2.05) is 0 Å². The Morgan fingerprint density at radius 1 is 0.774 bits per heavy atom. The van der Waals surface area contributed by atoms with Crippen molar-refractivity contribution in [1.29, 1.82) is 0 Å². The van der Waals surface area contributed by atoms with E-state index in [1.165, 1.54) is 77.0 Å². The number of Topliss-reactive ketones (excluding diaryl/α,β-unsaturated/α-hetero) is 1. The van der Waals surface area contributed by atoms with Crippen molar-refractivity contribution >= 4 is 5.78 Å². The molecule has 0 aromatic heterocycles. The normalized spacial score (nSPS) is 24.5. The van der Waals surface area contributed by atoms with Gasteiger partial charge in [0.05, 0.1) is 12.7 Å². The van der Waals surface area contributed by atoms with Crippen LogP contribution < -0.4 is 0 Å². The van der Waals surface area contributed by atoms with E-state index in [4.69, 9.17) is 9.84 Å². The number of ether oxygens (including phenoxy) is 1. The maximum absolute atomic E-state index is 12.1. The summed E-state index contributed by atoms with van der Waals surface area (Å²) >= 11 is 0. The van der Waals surface area contributed by atoms with Crippen molar-refractivity contribution in [2.24, 2.45) is 0 Å². The molecule has 5 atom stereocenters. The van der Waals surface area contributed by atoms with Gasteiger partial charge in [-0.2, -0.15) is 0 Å². The van der Waals surface area contributed by atoms with Gasteiger partial charge >= 0.3 is 0 Å². The first kappa shape index (κ1) is 28.5. The molecule has 1 aliphatic heterocycles. The van der Waals surface area contributed by atoms with Crippen LogP contribution in [0.25, 0.3) is 0 Å². The summed E-state index contributed by atoms with van der Waals surface area (Å²) < 4.78 is 5.41. The number of unbranched alkanes of at least 4 members (excludes halogenated alkanes) is 14. The summed E-state index contributed by atoms with van der Waals surface area (Å²) in [4.78, 5) is 12.1. The maximum Gasteiger partial charge on any atom is 0.135 e. The van der Waals surface area contributed by atoms with Crippen LogP contribution in [-0.2, 0) is 9.53 Å². The second-order valence-electron chi connectivity index (χ2n) is 9.31. The Bertz CT molecular complexity index is 444. The van der Waals surface area contributed by atoms with Crippen molar-refractivity contribution in [3.05, 3.63) is 0 Å². The average Bonchev–Trinajstić information content (AvgIpc) is 3.04. The Kier molecular flexibility index (Phi) is 16.5. The standard InChI is InChI=1S/C25H48O6/c1-2-3-4-5-6-7-8-9-10-11-12-13-14-15-16-17-20(27)18-22-23(29)24(30)25(31-22)21(28)19-26/h21-26,28-30H,2-19H2,1H3/t21-,22?,23+,24-,25-/m1/s1. The largest absolute Gasteiger partial charge is 0.394 e. The Morgan fingerprint density at radius 2 is 1.23 bits per heavy atom. The summed E-state index contributed by atoms with van der Waals surface area (Å²) in [5.74, 6) is 0.00471. The van der Waals surface area contributed by atoms with E-state index in [0.29, 0.717) is 6.42 Å². The van der Waals surface area contributed by atoms with E-state index in [9.17, 15) is 20.1 Å². The van der Waals surface area contributed by atoms with Gasteiger partial charge in [-0.05, 0) is 6.42 Å². The van der Waals surface area contributed by atoms with Crippen LogP contribution in [0.4, 0.5) is 0 Å². The van der Waals surface area contributed by atoms with Gasteiger partial charge in [-0.15, -0.1) is 0 Å². The fourth-order valence-corrected chi connectivity index (χ4v) is 4.39. The molecule has 0 aliphatic carbocycles. The summed E-state index contributed by atoms with van der Waals surface area (Å²) in [6, 6.07) is 0. The van der Waals surface area contributed by atoms with Crippen LogP contribution in [0.15, 0.2) is 0 Å². The van der Waals surface area contributed by atoms with Crippen molar-refractivity contribution in [2.75, 3.05) is 6.61 Å². The van der Waals surface area contributed by atoms with E-state index in [2.05, 4.69) is 6.92 Å². The molecule has 1 saturated heterocycles. The summed E-state index contributed by atoms with van der Waals surface area (Å²) in [5, 5.41) is 38.5. The first-order valence-electron chi connectivity index (χ1n) is 12.8. The summed E-state index contributed by atoms with van der Waals surface area (Å²) in [6.07, 6.45) is 14.1. The molecular weight excluding hydrogens is 396 g/mol. The zero-order chi connectivity index (χ0) is 22.9. The highest BCUT2D eigenvalue weighted by Gasteiger charge is 2.46. The molecule has 1 unspecified atom stereocenters. The molecule has 6 heteroatoms. The number of aliphatic hydroxyl groups excluding tert-OH is 4. The number of carbonyl (C=O) groups is 1. The molecule has 184 valence electrons. The van der Waals surface area contributed by atoms with Crippen LogP contribution in [-0.4, -0.2) is 63.3 Å². The van der Waals surface area contributed by atoms with Crippen molar-refractivity contribution < 1.29 is 30.0 Å². The second kappa shape index (κ2) is 18.0. The van der Waals surface area contributed by atoms with Crippen LogP contribution in [0.1, 0.15) is 116 Å². The van der Waals surface area contributed by atoms with Gasteiger partial charge in [-0.25, -0.2) is 0 Å². The van der Waals surface area contributed by atoms with E-state index in [0.717, 1.165) is 19.3 Å². The van der Waals surface area contributed by atoms with Crippen molar-refractivity contribution in [2.45, 2.75) is 147 Å². The quantitative estimate of drug-likeness (QED) is 0.211. The molecule has 0 saturated carbocycles. The molecule has 1 aliphatic rings. The van der Waals surface area contributed by atoms with Crippen molar-refractivity contribution in [3.63, 3.8) is 0 Å². The van der Waals surface area contributed by atoms with Crippen molar-refractivity contribution in [1.82, 2.24) is 0 Å². The first-order chi connectivity index (χ1) is 15.0. The molecule has 4 N–H and O–H groups in total. The molecule has 0 bridgehead atoms. The third kappa shape index (κ3) is 12.3. The van der Waals surface area contributed by atoms with Gasteiger partial charge in [-0.1, -0.05) is 96.8 Å². The van der Waals surface area contributed by atoms with Gasteiger partial charge < -0.3 is 25.2 Å². The number of hydrogen-bond acceptors (Lipinski definition) is 6. The zero-order valence-electron chi connectivity index (χ0n) is 19.7. The highest BCUT2D eigenvalue weighted by Crippen LogP contribution is 2.26. The summed E-state index contributed by atoms with van der Waals surface area (Å²) in [5.41, 5.74) is 0. The topological polar surface area (TPSA) is 107 Å². The monoisotopic (exact) mass is 444 g/mol. The van der Waals surface area contributed by atoms with Gasteiger partial charge in [0.2, 0.25) is 0 Å². The average molecular weight is 445 g/mol. The first-order valence-corrected chi connectivity index (χ1v) is 12.8. The number of ketones is 1. The molecule has 0 amide bonds. The van der Waals surface area contributed by atoms with Crippen LogP contribution in [0.5, 0.6) is 0 Å². The molecule has 1 fully saturated rings. The van der Waals surface area contributed by atoms with Crippen LogP contribution in [0, 0.1) is 0 Å². The highest BCUT2D eigenvalue weighted by molar-refractivity contribution is 5.79. The van der Waals surface area contributed by atoms with Gasteiger partial charge in [-0.3, -0.25) is 4.79 Å².